The lowest BCUT2D eigenvalue weighted by molar-refractivity contribution is 0.0600. The van der Waals surface area contributed by atoms with E-state index in [-0.39, 0.29) is 1.43 Å². The minimum atomic E-state index is -3.16. The first-order chi connectivity index (χ1) is 8.48. The van der Waals surface area contributed by atoms with Crippen LogP contribution in [0, 0.1) is 0 Å². The van der Waals surface area contributed by atoms with Gasteiger partial charge >= 0.3 is 6.09 Å². The summed E-state index contributed by atoms with van der Waals surface area (Å²) in [4.78, 5) is 10.0. The Hall–Kier alpha value is -0.820. The van der Waals surface area contributed by atoms with E-state index in [4.69, 9.17) is 5.73 Å². The second-order valence-electron chi connectivity index (χ2n) is 5.17. The molecule has 2 N–H and O–H groups in total. The maximum absolute atomic E-state index is 10.0. The summed E-state index contributed by atoms with van der Waals surface area (Å²) in [6, 6.07) is 0. The van der Waals surface area contributed by atoms with Gasteiger partial charge in [-0.3, -0.25) is 4.18 Å². The minimum absolute atomic E-state index is 0. The Balaban J connectivity index is -0.000000217. The van der Waals surface area contributed by atoms with Gasteiger partial charge in [0.05, 0.1) is 13.4 Å². The molecule has 0 aliphatic heterocycles. The van der Waals surface area contributed by atoms with Gasteiger partial charge in [-0.2, -0.15) is 8.42 Å². The number of primary amides is 1. The first-order valence-electron chi connectivity index (χ1n) is 6.22. The fraction of sp³-hybridized carbons (Fsp3) is 0.917. The SMILES string of the molecule is C1CCCC1.CC(C)(C)OC(N)=O.COS(C)(=O)=O.[HH]. The molecule has 0 aromatic heterocycles. The summed E-state index contributed by atoms with van der Waals surface area (Å²) in [6.07, 6.45) is 7.77. The van der Waals surface area contributed by atoms with Crippen molar-refractivity contribution in [2.45, 2.75) is 58.5 Å². The van der Waals surface area contributed by atoms with E-state index in [1.165, 1.54) is 32.1 Å². The lowest BCUT2D eigenvalue weighted by atomic mass is 10.2. The molecule has 0 unspecified atom stereocenters. The molecular weight excluding hydrogens is 270 g/mol. The summed E-state index contributed by atoms with van der Waals surface area (Å²) in [7, 11) is -2.04. The highest BCUT2D eigenvalue weighted by Crippen LogP contribution is 2.15. The molecule has 19 heavy (non-hydrogen) atoms. The van der Waals surface area contributed by atoms with Crippen molar-refractivity contribution in [2.24, 2.45) is 5.73 Å². The van der Waals surface area contributed by atoms with Gasteiger partial charge < -0.3 is 10.5 Å². The average molecular weight is 299 g/mol. The first kappa shape index (κ1) is 20.5. The summed E-state index contributed by atoms with van der Waals surface area (Å²) >= 11 is 0. The van der Waals surface area contributed by atoms with Crippen molar-refractivity contribution in [2.75, 3.05) is 13.4 Å². The van der Waals surface area contributed by atoms with Crippen LogP contribution in [0.15, 0.2) is 0 Å². The molecule has 1 aliphatic rings. The van der Waals surface area contributed by atoms with E-state index in [1.807, 2.05) is 0 Å². The van der Waals surface area contributed by atoms with Crippen LogP contribution in [-0.2, 0) is 19.0 Å². The predicted octanol–water partition coefficient (Wildman–Crippen LogP) is 2.67. The summed E-state index contributed by atoms with van der Waals surface area (Å²) < 4.78 is 28.0. The second kappa shape index (κ2) is 10.0. The third kappa shape index (κ3) is 26.7. The number of hydrogen-bond acceptors (Lipinski definition) is 5. The van der Waals surface area contributed by atoms with Crippen molar-refractivity contribution in [1.29, 1.82) is 0 Å². The largest absolute Gasteiger partial charge is 0.444 e. The van der Waals surface area contributed by atoms with E-state index in [0.717, 1.165) is 13.4 Å². The number of ether oxygens (including phenoxy) is 1. The molecule has 0 bridgehead atoms. The lowest BCUT2D eigenvalue weighted by Gasteiger charge is -2.16. The van der Waals surface area contributed by atoms with Gasteiger partial charge in [-0.25, -0.2) is 4.79 Å². The molecule has 0 saturated heterocycles. The fourth-order valence-corrected chi connectivity index (χ4v) is 1.19. The van der Waals surface area contributed by atoms with Gasteiger partial charge in [0.25, 0.3) is 10.1 Å². The third-order valence-corrected chi connectivity index (χ3v) is 2.57. The number of carbonyl (C=O) groups excluding carboxylic acids is 1. The zero-order valence-electron chi connectivity index (χ0n) is 12.6. The Kier molecular flexibility index (Phi) is 10.8. The molecule has 0 atom stereocenters. The van der Waals surface area contributed by atoms with Crippen LogP contribution >= 0.6 is 0 Å². The van der Waals surface area contributed by atoms with E-state index in [9.17, 15) is 13.2 Å². The molecule has 0 aromatic carbocycles. The Bertz CT molecular complexity index is 327. The molecule has 0 aromatic rings. The topological polar surface area (TPSA) is 95.7 Å². The van der Waals surface area contributed by atoms with Crippen LogP contribution in [0.4, 0.5) is 4.79 Å². The monoisotopic (exact) mass is 299 g/mol. The Morgan fingerprint density at radius 1 is 1.11 bits per heavy atom. The van der Waals surface area contributed by atoms with E-state index < -0.39 is 21.8 Å². The number of rotatable bonds is 1. The van der Waals surface area contributed by atoms with Crippen LogP contribution in [0.1, 0.15) is 54.3 Å². The molecule has 1 saturated carbocycles. The van der Waals surface area contributed by atoms with E-state index in [0.29, 0.717) is 0 Å². The smallest absolute Gasteiger partial charge is 0.405 e. The molecule has 1 aliphatic carbocycles. The van der Waals surface area contributed by atoms with Crippen molar-refractivity contribution in [1.82, 2.24) is 0 Å². The van der Waals surface area contributed by atoms with Crippen LogP contribution in [0.3, 0.4) is 0 Å². The Morgan fingerprint density at radius 3 is 1.42 bits per heavy atom. The van der Waals surface area contributed by atoms with E-state index in [1.54, 1.807) is 20.8 Å². The highest BCUT2D eigenvalue weighted by atomic mass is 32.2. The van der Waals surface area contributed by atoms with Crippen molar-refractivity contribution in [3.8, 4) is 0 Å². The maximum atomic E-state index is 10.0. The number of hydrogen-bond donors (Lipinski definition) is 1. The van der Waals surface area contributed by atoms with Crippen molar-refractivity contribution in [3.63, 3.8) is 0 Å². The number of carbonyl (C=O) groups is 1. The summed E-state index contributed by atoms with van der Waals surface area (Å²) in [5, 5.41) is 0. The highest BCUT2D eigenvalue weighted by Gasteiger charge is 2.12. The summed E-state index contributed by atoms with van der Waals surface area (Å²) in [5.41, 5.74) is 4.26. The molecule has 7 heteroatoms. The van der Waals surface area contributed by atoms with Crippen molar-refractivity contribution >= 4 is 16.2 Å². The van der Waals surface area contributed by atoms with Crippen LogP contribution in [0.5, 0.6) is 0 Å². The Morgan fingerprint density at radius 2 is 1.37 bits per heavy atom. The molecule has 0 radical (unpaired) electrons. The number of amides is 1. The van der Waals surface area contributed by atoms with Gasteiger partial charge in [0.15, 0.2) is 0 Å². The molecule has 1 rings (SSSR count). The normalized spacial score (nSPS) is 14.6. The van der Waals surface area contributed by atoms with Gasteiger partial charge in [-0.1, -0.05) is 32.1 Å². The first-order valence-corrected chi connectivity index (χ1v) is 8.03. The molecule has 1 amide bonds. The van der Waals surface area contributed by atoms with Gasteiger partial charge in [-0.15, -0.1) is 0 Å². The predicted molar refractivity (Wildman–Crippen MR) is 77.5 cm³/mol. The van der Waals surface area contributed by atoms with Crippen molar-refractivity contribution < 1.29 is 23.6 Å². The maximum Gasteiger partial charge on any atom is 0.405 e. The minimum Gasteiger partial charge on any atom is -0.444 e. The van der Waals surface area contributed by atoms with Crippen LogP contribution in [0.25, 0.3) is 0 Å². The van der Waals surface area contributed by atoms with Gasteiger partial charge in [0.2, 0.25) is 0 Å². The third-order valence-electron chi connectivity index (χ3n) is 1.96. The molecular formula is C12H29NO5S. The average Bonchev–Trinajstić information content (AvgIpc) is 2.70. The van der Waals surface area contributed by atoms with Crippen molar-refractivity contribution in [3.05, 3.63) is 0 Å². The molecule has 0 heterocycles. The van der Waals surface area contributed by atoms with Gasteiger partial charge in [0, 0.05) is 1.43 Å². The zero-order chi connectivity index (χ0) is 15.5. The molecule has 1 fully saturated rings. The zero-order valence-corrected chi connectivity index (χ0v) is 13.4. The summed E-state index contributed by atoms with van der Waals surface area (Å²) in [5.74, 6) is 0. The standard InChI is InChI=1S/C5H11NO2.C5H10.C2H6O3S.H2/c1-5(2,3)8-4(6)7;1-2-4-5-3-1;1-5-6(2,3)4;/h1-3H3,(H2,6,7);1-5H2;1-2H3;1H. The van der Waals surface area contributed by atoms with Gasteiger partial charge in [0.1, 0.15) is 5.60 Å². The highest BCUT2D eigenvalue weighted by molar-refractivity contribution is 7.85. The molecule has 118 valence electrons. The molecule has 6 nitrogen and oxygen atoms in total. The van der Waals surface area contributed by atoms with Crippen LogP contribution < -0.4 is 5.73 Å². The van der Waals surface area contributed by atoms with E-state index in [2.05, 4.69) is 8.92 Å². The number of nitrogens with two attached hydrogens (primary N) is 1. The Labute approximate surface area is 118 Å². The molecule has 0 spiro atoms. The van der Waals surface area contributed by atoms with Crippen LogP contribution in [0.2, 0.25) is 0 Å². The van der Waals surface area contributed by atoms with Gasteiger partial charge in [-0.05, 0) is 20.8 Å². The lowest BCUT2D eigenvalue weighted by Crippen LogP contribution is -2.27. The van der Waals surface area contributed by atoms with Crippen LogP contribution in [-0.4, -0.2) is 33.5 Å². The van der Waals surface area contributed by atoms with E-state index >= 15 is 0 Å². The quantitative estimate of drug-likeness (QED) is 0.751. The fourth-order valence-electron chi connectivity index (χ4n) is 1.19. The second-order valence-corrected chi connectivity index (χ2v) is 6.91. The summed E-state index contributed by atoms with van der Waals surface area (Å²) in [6.45, 7) is 5.28.